The molecule has 5 rings (SSSR count). The minimum Gasteiger partial charge on any atom is -1.00 e. The van der Waals surface area contributed by atoms with Crippen LogP contribution in [0, 0.1) is 5.92 Å². The fraction of sp³-hybridized carbons (Fsp3) is 0.538. The summed E-state index contributed by atoms with van der Waals surface area (Å²) in [5.74, 6) is 0.976. The van der Waals surface area contributed by atoms with Gasteiger partial charge in [0.05, 0.1) is 11.4 Å². The molecule has 1 unspecified atom stereocenters. The van der Waals surface area contributed by atoms with E-state index in [1.165, 1.54) is 29.6 Å². The van der Waals surface area contributed by atoms with E-state index in [1.54, 1.807) is 0 Å². The van der Waals surface area contributed by atoms with Crippen LogP contribution in [0.25, 0.3) is 0 Å². The second-order valence-corrected chi connectivity index (χ2v) is 6.48. The number of piperidine rings is 3. The van der Waals surface area contributed by atoms with E-state index in [0.717, 1.165) is 22.8 Å². The van der Waals surface area contributed by atoms with Gasteiger partial charge >= 0.3 is 0 Å². The molecule has 0 amide bonds. The summed E-state index contributed by atoms with van der Waals surface area (Å²) in [5.41, 5.74) is 1.52. The largest absolute Gasteiger partial charge is 1.00 e. The first-order chi connectivity index (χ1) is 7.31. The van der Waals surface area contributed by atoms with Crippen molar-refractivity contribution in [3.8, 4) is 0 Å². The van der Waals surface area contributed by atoms with E-state index in [-0.39, 0.29) is 17.0 Å². The Morgan fingerprint density at radius 2 is 2.00 bits per heavy atom. The lowest BCUT2D eigenvalue weighted by molar-refractivity contribution is -0.823. The standard InChI is InChI=1S/C13H15BrN.BrH/c14-12-10-6-11-13(12)15(11,8-10)7-9-4-2-1-3-5-9;/h1-5,10-13H,6-8H2;1H/q+1;/p-1/t10-,11-,12?,13-,15-;/m0./s1. The Morgan fingerprint density at radius 3 is 2.50 bits per heavy atom. The first-order valence-corrected chi connectivity index (χ1v) is 6.77. The molecule has 1 aromatic rings. The lowest BCUT2D eigenvalue weighted by Crippen LogP contribution is -3.00. The van der Waals surface area contributed by atoms with Crippen LogP contribution in [-0.2, 0) is 6.54 Å². The second-order valence-electron chi connectivity index (χ2n) is 5.43. The summed E-state index contributed by atoms with van der Waals surface area (Å²) in [5, 5.41) is 0. The van der Waals surface area contributed by atoms with Crippen molar-refractivity contribution in [1.29, 1.82) is 0 Å². The lowest BCUT2D eigenvalue weighted by Gasteiger charge is -2.15. The van der Waals surface area contributed by atoms with Crippen LogP contribution in [0.4, 0.5) is 0 Å². The Hall–Kier alpha value is 0.140. The van der Waals surface area contributed by atoms with E-state index in [1.807, 2.05) is 0 Å². The third-order valence-corrected chi connectivity index (χ3v) is 6.06. The van der Waals surface area contributed by atoms with Crippen LogP contribution in [0.1, 0.15) is 12.0 Å². The van der Waals surface area contributed by atoms with Gasteiger partial charge < -0.3 is 21.5 Å². The topological polar surface area (TPSA) is 0 Å². The molecular formula is C13H15Br2N. The van der Waals surface area contributed by atoms with Gasteiger partial charge in [0.2, 0.25) is 0 Å². The molecule has 0 aromatic heterocycles. The maximum absolute atomic E-state index is 3.89. The number of alkyl halides is 1. The van der Waals surface area contributed by atoms with Gasteiger partial charge in [0, 0.05) is 17.9 Å². The van der Waals surface area contributed by atoms with Crippen molar-refractivity contribution in [2.24, 2.45) is 5.92 Å². The van der Waals surface area contributed by atoms with Crippen molar-refractivity contribution < 1.29 is 21.5 Å². The van der Waals surface area contributed by atoms with Gasteiger partial charge in [-0.05, 0) is 0 Å². The average molecular weight is 345 g/mol. The van der Waals surface area contributed by atoms with E-state index in [9.17, 15) is 0 Å². The molecule has 3 heteroatoms. The fourth-order valence-corrected chi connectivity index (χ4v) is 5.39. The number of hydrogen-bond donors (Lipinski definition) is 0. The number of nitrogens with zero attached hydrogens (tertiary/aromatic N) is 1. The number of hydrogen-bond acceptors (Lipinski definition) is 0. The fourth-order valence-electron chi connectivity index (χ4n) is 4.18. The van der Waals surface area contributed by atoms with Crippen LogP contribution in [0.5, 0.6) is 0 Å². The highest BCUT2D eigenvalue weighted by Gasteiger charge is 2.81. The summed E-state index contributed by atoms with van der Waals surface area (Å²) in [4.78, 5) is 0.825. The number of halogens is 2. The monoisotopic (exact) mass is 343 g/mol. The normalized spacial score (nSPS) is 46.6. The molecule has 3 heterocycles. The van der Waals surface area contributed by atoms with Gasteiger partial charge in [-0.3, -0.25) is 0 Å². The van der Waals surface area contributed by atoms with Crippen molar-refractivity contribution in [1.82, 2.24) is 0 Å². The average Bonchev–Trinajstić information content (AvgIpc) is 2.55. The highest BCUT2D eigenvalue weighted by Crippen LogP contribution is 2.64. The van der Waals surface area contributed by atoms with E-state index < -0.39 is 0 Å². The highest BCUT2D eigenvalue weighted by molar-refractivity contribution is 9.09. The third-order valence-electron chi connectivity index (χ3n) is 4.77. The Bertz CT molecular complexity index is 408. The molecule has 0 radical (unpaired) electrons. The number of quaternary nitrogens is 1. The molecule has 3 aliphatic heterocycles. The van der Waals surface area contributed by atoms with Gasteiger partial charge in [-0.25, -0.2) is 0 Å². The van der Waals surface area contributed by atoms with Crippen molar-refractivity contribution in [2.75, 3.05) is 6.54 Å². The Kier molecular flexibility index (Phi) is 2.50. The molecule has 16 heavy (non-hydrogen) atoms. The summed E-state index contributed by atoms with van der Waals surface area (Å²) in [6.07, 6.45) is 1.48. The van der Waals surface area contributed by atoms with Gasteiger partial charge in [0.1, 0.15) is 12.6 Å². The van der Waals surface area contributed by atoms with Gasteiger partial charge in [-0.1, -0.05) is 46.3 Å². The third kappa shape index (κ3) is 1.25. The van der Waals surface area contributed by atoms with Gasteiger partial charge in [0.25, 0.3) is 0 Å². The van der Waals surface area contributed by atoms with Crippen molar-refractivity contribution in [3.63, 3.8) is 0 Å². The molecule has 4 fully saturated rings. The van der Waals surface area contributed by atoms with Crippen LogP contribution in [0.15, 0.2) is 30.3 Å². The van der Waals surface area contributed by atoms with Gasteiger partial charge in [-0.2, -0.15) is 0 Å². The van der Waals surface area contributed by atoms with E-state index >= 15 is 0 Å². The number of benzene rings is 1. The zero-order valence-electron chi connectivity index (χ0n) is 9.02. The molecular weight excluding hydrogens is 330 g/mol. The minimum atomic E-state index is 0. The SMILES string of the molecule is BrC1[C@H]2C[C@H]3[C@@H]1[N@@+]3(Cc1ccccc1)C2.[Br-]. The predicted molar refractivity (Wildman–Crippen MR) is 63.7 cm³/mol. The first kappa shape index (κ1) is 11.2. The zero-order valence-corrected chi connectivity index (χ0v) is 12.2. The molecule has 4 aliphatic rings. The van der Waals surface area contributed by atoms with Crippen LogP contribution >= 0.6 is 15.9 Å². The first-order valence-electron chi connectivity index (χ1n) is 5.86. The smallest absolute Gasteiger partial charge is 0.155 e. The maximum Gasteiger partial charge on any atom is 0.155 e. The number of rotatable bonds is 2. The van der Waals surface area contributed by atoms with Crippen LogP contribution < -0.4 is 17.0 Å². The summed E-state index contributed by atoms with van der Waals surface area (Å²) in [7, 11) is 0. The van der Waals surface area contributed by atoms with Crippen LogP contribution in [0.3, 0.4) is 0 Å². The predicted octanol–water partition coefficient (Wildman–Crippen LogP) is -0.445. The Balaban J connectivity index is 0.000000810. The Labute approximate surface area is 115 Å². The molecule has 1 nitrogen and oxygen atoms in total. The van der Waals surface area contributed by atoms with Gasteiger partial charge in [-0.15, -0.1) is 0 Å². The van der Waals surface area contributed by atoms with Crippen molar-refractivity contribution in [3.05, 3.63) is 35.9 Å². The summed E-state index contributed by atoms with van der Waals surface area (Å²) in [6, 6.07) is 13.0. The summed E-state index contributed by atoms with van der Waals surface area (Å²) in [6.45, 7) is 2.70. The van der Waals surface area contributed by atoms with E-state index in [4.69, 9.17) is 0 Å². The molecule has 1 saturated carbocycles. The Morgan fingerprint density at radius 1 is 1.25 bits per heavy atom. The molecule has 0 N–H and O–H groups in total. The van der Waals surface area contributed by atoms with Crippen LogP contribution in [-0.4, -0.2) is 27.9 Å². The van der Waals surface area contributed by atoms with Gasteiger partial charge in [0.15, 0.2) is 6.04 Å². The second kappa shape index (κ2) is 3.56. The quantitative estimate of drug-likeness (QED) is 0.387. The maximum atomic E-state index is 3.89. The molecule has 3 saturated heterocycles. The lowest BCUT2D eigenvalue weighted by atomic mass is 10.1. The highest BCUT2D eigenvalue weighted by atomic mass is 79.9. The molecule has 86 valence electrons. The van der Waals surface area contributed by atoms with E-state index in [0.29, 0.717) is 0 Å². The summed E-state index contributed by atoms with van der Waals surface area (Å²) >= 11 is 3.89. The summed E-state index contributed by atoms with van der Waals surface area (Å²) < 4.78 is 1.41. The molecule has 1 aliphatic carbocycles. The minimum absolute atomic E-state index is 0. The van der Waals surface area contributed by atoms with Crippen LogP contribution in [0.2, 0.25) is 0 Å². The van der Waals surface area contributed by atoms with Crippen molar-refractivity contribution in [2.45, 2.75) is 29.9 Å². The molecule has 5 atom stereocenters. The molecule has 0 spiro atoms. The van der Waals surface area contributed by atoms with E-state index in [2.05, 4.69) is 46.3 Å². The van der Waals surface area contributed by atoms with Crippen molar-refractivity contribution >= 4 is 15.9 Å². The zero-order chi connectivity index (χ0) is 10.0. The molecule has 4 bridgehead atoms. The molecule has 1 aromatic carbocycles.